The van der Waals surface area contributed by atoms with Crippen LogP contribution in [0.4, 0.5) is 0 Å². The minimum atomic E-state index is -3.68. The number of thiophene rings is 1. The van der Waals surface area contributed by atoms with Gasteiger partial charge in [-0.2, -0.15) is 0 Å². The number of amides is 1. The number of carbonyl (C=O) groups is 1. The van der Waals surface area contributed by atoms with E-state index in [4.69, 9.17) is 0 Å². The lowest BCUT2D eigenvalue weighted by molar-refractivity contribution is -0.120. The van der Waals surface area contributed by atoms with Crippen LogP contribution in [0.3, 0.4) is 0 Å². The highest BCUT2D eigenvalue weighted by atomic mass is 32.2. The van der Waals surface area contributed by atoms with Gasteiger partial charge < -0.3 is 5.32 Å². The Morgan fingerprint density at radius 2 is 1.68 bits per heavy atom. The molecule has 8 heteroatoms. The summed E-state index contributed by atoms with van der Waals surface area (Å²) < 4.78 is 28.5. The molecule has 3 rings (SSSR count). The van der Waals surface area contributed by atoms with E-state index < -0.39 is 10.0 Å². The molecule has 0 aliphatic carbocycles. The molecule has 0 saturated carbocycles. The third kappa shape index (κ3) is 5.37. The Kier molecular flexibility index (Phi) is 7.57. The third-order valence-corrected chi connectivity index (χ3v) is 9.24. The van der Waals surface area contributed by atoms with Gasteiger partial charge in [-0.15, -0.1) is 11.3 Å². The largest absolute Gasteiger partial charge is 0.355 e. The third-order valence-electron chi connectivity index (χ3n) is 6.48. The van der Waals surface area contributed by atoms with Gasteiger partial charge in [0.25, 0.3) is 0 Å². The van der Waals surface area contributed by atoms with Crippen molar-refractivity contribution in [3.05, 3.63) is 49.7 Å². The van der Waals surface area contributed by atoms with Gasteiger partial charge in [-0.25, -0.2) is 13.1 Å². The van der Waals surface area contributed by atoms with E-state index in [1.165, 1.54) is 10.4 Å². The molecule has 0 saturated heterocycles. The molecule has 170 valence electrons. The summed E-state index contributed by atoms with van der Waals surface area (Å²) in [5, 5.41) is 5.05. The van der Waals surface area contributed by atoms with Gasteiger partial charge in [0.15, 0.2) is 0 Å². The van der Waals surface area contributed by atoms with Gasteiger partial charge in [0.05, 0.1) is 4.90 Å². The molecule has 6 nitrogen and oxygen atoms in total. The van der Waals surface area contributed by atoms with Crippen molar-refractivity contribution in [1.82, 2.24) is 14.9 Å². The maximum atomic E-state index is 12.9. The van der Waals surface area contributed by atoms with E-state index in [-0.39, 0.29) is 18.9 Å². The maximum Gasteiger partial charge on any atom is 0.241 e. The van der Waals surface area contributed by atoms with Crippen LogP contribution >= 0.6 is 11.3 Å². The van der Waals surface area contributed by atoms with Crippen LogP contribution in [0, 0.1) is 34.6 Å². The predicted octanol–water partition coefficient (Wildman–Crippen LogP) is 3.13. The summed E-state index contributed by atoms with van der Waals surface area (Å²) in [6.07, 6.45) is 1.19. The van der Waals surface area contributed by atoms with E-state index in [1.54, 1.807) is 0 Å². The molecule has 2 heterocycles. The van der Waals surface area contributed by atoms with Crippen molar-refractivity contribution < 1.29 is 13.2 Å². The zero-order chi connectivity index (χ0) is 22.8. The number of carbonyl (C=O) groups excluding carboxylic acids is 1. The number of sulfonamides is 1. The standard InChI is InChI=1S/C23H33N3O3S2/c1-15-16(2)18(4)23(19(5)17(15)3)31(28,29)25-9-6-22(27)24-10-12-26-11-7-21-20(14-26)8-13-30-21/h8,13,25H,6-7,9-12,14H2,1-5H3,(H,24,27). The van der Waals surface area contributed by atoms with Gasteiger partial charge in [0, 0.05) is 44.0 Å². The van der Waals surface area contributed by atoms with Crippen LogP contribution in [-0.2, 0) is 27.8 Å². The first-order chi connectivity index (χ1) is 14.6. The normalized spacial score (nSPS) is 14.5. The van der Waals surface area contributed by atoms with Gasteiger partial charge in [0.1, 0.15) is 0 Å². The van der Waals surface area contributed by atoms with Crippen molar-refractivity contribution in [2.24, 2.45) is 0 Å². The molecule has 31 heavy (non-hydrogen) atoms. The second-order valence-electron chi connectivity index (χ2n) is 8.35. The number of nitrogens with one attached hydrogen (secondary N) is 2. The van der Waals surface area contributed by atoms with Gasteiger partial charge in [-0.1, -0.05) is 0 Å². The van der Waals surface area contributed by atoms with Gasteiger partial charge in [0.2, 0.25) is 15.9 Å². The van der Waals surface area contributed by atoms with E-state index in [0.717, 1.165) is 53.9 Å². The number of hydrogen-bond donors (Lipinski definition) is 2. The van der Waals surface area contributed by atoms with Crippen molar-refractivity contribution in [3.8, 4) is 0 Å². The second-order valence-corrected chi connectivity index (χ2v) is 11.1. The van der Waals surface area contributed by atoms with Crippen molar-refractivity contribution in [2.45, 2.75) is 58.9 Å². The highest BCUT2D eigenvalue weighted by Crippen LogP contribution is 2.29. The van der Waals surface area contributed by atoms with E-state index in [2.05, 4.69) is 26.4 Å². The lowest BCUT2D eigenvalue weighted by Crippen LogP contribution is -2.38. The van der Waals surface area contributed by atoms with E-state index >= 15 is 0 Å². The van der Waals surface area contributed by atoms with Crippen LogP contribution in [0.1, 0.15) is 44.7 Å². The summed E-state index contributed by atoms with van der Waals surface area (Å²) in [6, 6.07) is 2.18. The zero-order valence-corrected chi connectivity index (χ0v) is 20.7. The first-order valence-electron chi connectivity index (χ1n) is 10.7. The average molecular weight is 464 g/mol. The average Bonchev–Trinajstić information content (AvgIpc) is 3.18. The van der Waals surface area contributed by atoms with Crippen LogP contribution in [0.2, 0.25) is 0 Å². The summed E-state index contributed by atoms with van der Waals surface area (Å²) in [7, 11) is -3.68. The molecule has 0 bridgehead atoms. The van der Waals surface area contributed by atoms with Crippen LogP contribution in [0.5, 0.6) is 0 Å². The number of benzene rings is 1. The fourth-order valence-corrected chi connectivity index (χ4v) is 6.70. The summed E-state index contributed by atoms with van der Waals surface area (Å²) >= 11 is 1.82. The van der Waals surface area contributed by atoms with Crippen molar-refractivity contribution in [1.29, 1.82) is 0 Å². The first kappa shape index (κ1) is 23.9. The Morgan fingerprint density at radius 3 is 2.35 bits per heavy atom. The molecule has 0 fully saturated rings. The van der Waals surface area contributed by atoms with Crippen LogP contribution in [0.25, 0.3) is 0 Å². The fourth-order valence-electron chi connectivity index (χ4n) is 4.18. The van der Waals surface area contributed by atoms with Crippen LogP contribution in [0.15, 0.2) is 16.3 Å². The Balaban J connectivity index is 1.47. The van der Waals surface area contributed by atoms with Crippen molar-refractivity contribution in [3.63, 3.8) is 0 Å². The van der Waals surface area contributed by atoms with E-state index in [1.807, 2.05) is 46.0 Å². The number of nitrogens with zero attached hydrogens (tertiary/aromatic N) is 1. The number of hydrogen-bond acceptors (Lipinski definition) is 5. The number of rotatable bonds is 8. The topological polar surface area (TPSA) is 78.5 Å². The Morgan fingerprint density at radius 1 is 1.03 bits per heavy atom. The SMILES string of the molecule is Cc1c(C)c(C)c(S(=O)(=O)NCCC(=O)NCCN2CCc3sccc3C2)c(C)c1C. The summed E-state index contributed by atoms with van der Waals surface area (Å²) in [6.45, 7) is 13.0. The molecule has 0 atom stereocenters. The van der Waals surface area contributed by atoms with Crippen LogP contribution < -0.4 is 10.0 Å². The molecule has 1 aliphatic heterocycles. The minimum absolute atomic E-state index is 0.0843. The smallest absolute Gasteiger partial charge is 0.241 e. The summed E-state index contributed by atoms with van der Waals surface area (Å²) in [5.74, 6) is -0.138. The van der Waals surface area contributed by atoms with Crippen molar-refractivity contribution in [2.75, 3.05) is 26.2 Å². The molecule has 2 aromatic rings. The van der Waals surface area contributed by atoms with Crippen molar-refractivity contribution >= 4 is 27.3 Å². The maximum absolute atomic E-state index is 12.9. The van der Waals surface area contributed by atoms with E-state index in [9.17, 15) is 13.2 Å². The lowest BCUT2D eigenvalue weighted by Gasteiger charge is -2.26. The lowest BCUT2D eigenvalue weighted by atomic mass is 9.95. The predicted molar refractivity (Wildman–Crippen MR) is 126 cm³/mol. The Bertz CT molecular complexity index is 1040. The first-order valence-corrected chi connectivity index (χ1v) is 13.1. The molecule has 0 unspecified atom stereocenters. The summed E-state index contributed by atoms with van der Waals surface area (Å²) in [5.41, 5.74) is 6.05. The van der Waals surface area contributed by atoms with Gasteiger partial charge >= 0.3 is 0 Å². The quantitative estimate of drug-likeness (QED) is 0.630. The molecular weight excluding hydrogens is 430 g/mol. The van der Waals surface area contributed by atoms with E-state index in [0.29, 0.717) is 11.4 Å². The molecule has 1 aromatic heterocycles. The van der Waals surface area contributed by atoms with Crippen LogP contribution in [-0.4, -0.2) is 45.4 Å². The minimum Gasteiger partial charge on any atom is -0.355 e. The molecule has 0 radical (unpaired) electrons. The monoisotopic (exact) mass is 463 g/mol. The second kappa shape index (κ2) is 9.81. The zero-order valence-electron chi connectivity index (χ0n) is 19.1. The Hall–Kier alpha value is -1.74. The molecule has 1 aliphatic rings. The van der Waals surface area contributed by atoms with Gasteiger partial charge in [-0.3, -0.25) is 9.69 Å². The summed E-state index contributed by atoms with van der Waals surface area (Å²) in [4.78, 5) is 16.3. The fraction of sp³-hybridized carbons (Fsp3) is 0.522. The molecule has 2 N–H and O–H groups in total. The molecular formula is C23H33N3O3S2. The number of fused-ring (bicyclic) bond motifs is 1. The highest BCUT2D eigenvalue weighted by Gasteiger charge is 2.23. The molecule has 1 aromatic carbocycles. The molecule has 0 spiro atoms. The van der Waals surface area contributed by atoms with Gasteiger partial charge in [-0.05, 0) is 85.9 Å². The Labute approximate surface area is 190 Å². The molecule has 1 amide bonds. The highest BCUT2D eigenvalue weighted by molar-refractivity contribution is 7.89.